The lowest BCUT2D eigenvalue weighted by atomic mass is 10.2. The van der Waals surface area contributed by atoms with Crippen molar-refractivity contribution in [3.8, 4) is 11.5 Å². The monoisotopic (exact) mass is 468 g/mol. The van der Waals surface area contributed by atoms with Gasteiger partial charge in [-0.15, -0.1) is 0 Å². The second-order valence-electron chi connectivity index (χ2n) is 8.07. The SMILES string of the molecule is C/C=C\C(=C/C)NC.CC(C)(C)OC(=O)Nc1cc(C=O)nc(Nc2cccc3c2OCO3)c1. The fourth-order valence-electron chi connectivity index (χ4n) is 2.84. The van der Waals surface area contributed by atoms with Crippen LogP contribution >= 0.6 is 0 Å². The number of anilines is 3. The van der Waals surface area contributed by atoms with Gasteiger partial charge in [-0.1, -0.05) is 18.2 Å². The predicted octanol–water partition coefficient (Wildman–Crippen LogP) is 5.40. The molecule has 0 atom stereocenters. The predicted molar refractivity (Wildman–Crippen MR) is 133 cm³/mol. The summed E-state index contributed by atoms with van der Waals surface area (Å²) in [6.07, 6.45) is 6.04. The van der Waals surface area contributed by atoms with Crippen molar-refractivity contribution in [1.29, 1.82) is 0 Å². The molecule has 0 saturated carbocycles. The van der Waals surface area contributed by atoms with Gasteiger partial charge < -0.3 is 24.8 Å². The Labute approximate surface area is 200 Å². The molecular formula is C25H32N4O5. The molecule has 2 aromatic rings. The summed E-state index contributed by atoms with van der Waals surface area (Å²) in [5.74, 6) is 1.55. The smallest absolute Gasteiger partial charge is 0.412 e. The lowest BCUT2D eigenvalue weighted by Crippen LogP contribution is -2.27. The van der Waals surface area contributed by atoms with Crippen molar-refractivity contribution in [2.75, 3.05) is 24.5 Å². The summed E-state index contributed by atoms with van der Waals surface area (Å²) in [4.78, 5) is 27.3. The highest BCUT2D eigenvalue weighted by Gasteiger charge is 2.19. The maximum atomic E-state index is 12.0. The number of aldehydes is 1. The van der Waals surface area contributed by atoms with Crippen molar-refractivity contribution in [3.63, 3.8) is 0 Å². The van der Waals surface area contributed by atoms with Crippen LogP contribution < -0.4 is 25.4 Å². The number of hydrogen-bond acceptors (Lipinski definition) is 8. The Hall–Kier alpha value is -4.01. The molecule has 3 N–H and O–H groups in total. The number of nitrogens with one attached hydrogen (secondary N) is 3. The van der Waals surface area contributed by atoms with E-state index >= 15 is 0 Å². The Morgan fingerprint density at radius 1 is 1.18 bits per heavy atom. The molecule has 0 fully saturated rings. The number of rotatable bonds is 6. The van der Waals surface area contributed by atoms with Crippen LogP contribution in [0.25, 0.3) is 0 Å². The van der Waals surface area contributed by atoms with Crippen LogP contribution in [-0.4, -0.2) is 36.8 Å². The van der Waals surface area contributed by atoms with Gasteiger partial charge in [0, 0.05) is 24.5 Å². The maximum Gasteiger partial charge on any atom is 0.412 e. The molecule has 0 unspecified atom stereocenters. The third kappa shape index (κ3) is 8.16. The number of benzene rings is 1. The van der Waals surface area contributed by atoms with Gasteiger partial charge in [-0.05, 0) is 58.9 Å². The van der Waals surface area contributed by atoms with Crippen LogP contribution in [0, 0.1) is 0 Å². The number of amides is 1. The van der Waals surface area contributed by atoms with E-state index in [0.717, 1.165) is 5.70 Å². The average Bonchev–Trinajstić information content (AvgIpc) is 3.26. The molecule has 1 aromatic heterocycles. The fourth-order valence-corrected chi connectivity index (χ4v) is 2.84. The van der Waals surface area contributed by atoms with E-state index in [1.165, 1.54) is 6.07 Å². The Balaban J connectivity index is 0.000000440. The molecule has 9 nitrogen and oxygen atoms in total. The number of likely N-dealkylation sites (N-methyl/N-ethyl adjacent to an activating group) is 1. The number of carbonyl (C=O) groups excluding carboxylic acids is 2. The molecule has 9 heteroatoms. The Morgan fingerprint density at radius 3 is 2.53 bits per heavy atom. The lowest BCUT2D eigenvalue weighted by Gasteiger charge is -2.20. The number of allylic oxidation sites excluding steroid dienone is 3. The van der Waals surface area contributed by atoms with Crippen molar-refractivity contribution in [3.05, 3.63) is 60.0 Å². The number of aromatic nitrogens is 1. The number of carbonyl (C=O) groups is 2. The second-order valence-corrected chi connectivity index (χ2v) is 8.07. The number of fused-ring (bicyclic) bond motifs is 1. The highest BCUT2D eigenvalue weighted by molar-refractivity contribution is 5.87. The molecule has 1 amide bonds. The van der Waals surface area contributed by atoms with E-state index in [0.29, 0.717) is 35.0 Å². The zero-order valence-electron chi connectivity index (χ0n) is 20.4. The van der Waals surface area contributed by atoms with Crippen LogP contribution in [-0.2, 0) is 4.74 Å². The highest BCUT2D eigenvalue weighted by atomic mass is 16.7. The van der Waals surface area contributed by atoms with E-state index in [1.807, 2.05) is 39.1 Å². The zero-order valence-corrected chi connectivity index (χ0v) is 20.4. The Morgan fingerprint density at radius 2 is 1.94 bits per heavy atom. The molecule has 0 bridgehead atoms. The van der Waals surface area contributed by atoms with Gasteiger partial charge >= 0.3 is 6.09 Å². The summed E-state index contributed by atoms with van der Waals surface area (Å²) < 4.78 is 16.0. The van der Waals surface area contributed by atoms with Crippen LogP contribution in [0.4, 0.5) is 22.0 Å². The first-order valence-electron chi connectivity index (χ1n) is 10.8. The minimum Gasteiger partial charge on any atom is -0.454 e. The topological polar surface area (TPSA) is 111 Å². The Kier molecular flexibility index (Phi) is 9.49. The van der Waals surface area contributed by atoms with Crippen molar-refractivity contribution in [1.82, 2.24) is 10.3 Å². The zero-order chi connectivity index (χ0) is 25.1. The summed E-state index contributed by atoms with van der Waals surface area (Å²) in [5, 5.41) is 8.70. The molecule has 0 radical (unpaired) electrons. The molecule has 3 rings (SSSR count). The van der Waals surface area contributed by atoms with Gasteiger partial charge in [0.1, 0.15) is 17.1 Å². The van der Waals surface area contributed by atoms with Gasteiger partial charge in [-0.25, -0.2) is 9.78 Å². The quantitative estimate of drug-likeness (QED) is 0.382. The third-order valence-corrected chi connectivity index (χ3v) is 4.22. The second kappa shape index (κ2) is 12.3. The van der Waals surface area contributed by atoms with E-state index < -0.39 is 11.7 Å². The van der Waals surface area contributed by atoms with Gasteiger partial charge in [0.05, 0.1) is 5.69 Å². The molecule has 0 aliphatic carbocycles. The molecule has 0 saturated heterocycles. The number of nitrogens with zero attached hydrogens (tertiary/aromatic N) is 1. The van der Waals surface area contributed by atoms with Gasteiger partial charge in [-0.3, -0.25) is 10.1 Å². The summed E-state index contributed by atoms with van der Waals surface area (Å²) >= 11 is 0. The van der Waals surface area contributed by atoms with E-state index in [9.17, 15) is 9.59 Å². The first-order chi connectivity index (χ1) is 16.2. The van der Waals surface area contributed by atoms with Gasteiger partial charge in [0.25, 0.3) is 0 Å². The van der Waals surface area contributed by atoms with Crippen molar-refractivity contribution >= 4 is 29.6 Å². The molecule has 1 aliphatic rings. The van der Waals surface area contributed by atoms with Crippen LogP contribution in [0.15, 0.2) is 54.3 Å². The molecular weight excluding hydrogens is 436 g/mol. The molecule has 2 heterocycles. The summed E-state index contributed by atoms with van der Waals surface area (Å²) in [7, 11) is 1.91. The van der Waals surface area contributed by atoms with E-state index in [4.69, 9.17) is 14.2 Å². The molecule has 182 valence electrons. The van der Waals surface area contributed by atoms with Crippen LogP contribution in [0.1, 0.15) is 45.1 Å². The maximum absolute atomic E-state index is 12.0. The lowest BCUT2D eigenvalue weighted by molar-refractivity contribution is 0.0635. The minimum absolute atomic E-state index is 0.140. The van der Waals surface area contributed by atoms with Crippen molar-refractivity contribution in [2.24, 2.45) is 0 Å². The number of hydrogen-bond donors (Lipinski definition) is 3. The molecule has 0 spiro atoms. The highest BCUT2D eigenvalue weighted by Crippen LogP contribution is 2.40. The largest absolute Gasteiger partial charge is 0.454 e. The van der Waals surface area contributed by atoms with E-state index in [2.05, 4.69) is 20.9 Å². The standard InChI is InChI=1S/C18H19N3O5.C7H13N/c1-18(2,3)26-17(23)20-11-7-12(9-22)19-15(8-11)21-13-5-4-6-14-16(13)25-10-24-14;1-4-6-7(5-2)8-3/h4-9H,10H2,1-3H3,(H2,19,20,21,23);4-6,8H,1-3H3/b;6-4-,7-5+. The van der Waals surface area contributed by atoms with E-state index in [-0.39, 0.29) is 12.5 Å². The minimum atomic E-state index is -0.631. The normalized spacial score (nSPS) is 12.5. The number of para-hydroxylation sites is 1. The summed E-state index contributed by atoms with van der Waals surface area (Å²) in [5.41, 5.74) is 1.70. The van der Waals surface area contributed by atoms with Gasteiger partial charge in [0.2, 0.25) is 6.79 Å². The average molecular weight is 469 g/mol. The van der Waals surface area contributed by atoms with Crippen LogP contribution in [0.2, 0.25) is 0 Å². The van der Waals surface area contributed by atoms with Crippen LogP contribution in [0.3, 0.4) is 0 Å². The van der Waals surface area contributed by atoms with E-state index in [1.54, 1.807) is 45.0 Å². The van der Waals surface area contributed by atoms with Crippen molar-refractivity contribution in [2.45, 2.75) is 40.2 Å². The first kappa shape index (κ1) is 26.2. The van der Waals surface area contributed by atoms with Gasteiger partial charge in [-0.2, -0.15) is 0 Å². The number of pyridine rings is 1. The molecule has 1 aliphatic heterocycles. The number of ether oxygens (including phenoxy) is 3. The first-order valence-corrected chi connectivity index (χ1v) is 10.8. The van der Waals surface area contributed by atoms with Gasteiger partial charge in [0.15, 0.2) is 17.8 Å². The van der Waals surface area contributed by atoms with Crippen molar-refractivity contribution < 1.29 is 23.8 Å². The Bertz CT molecular complexity index is 1060. The fraction of sp³-hybridized carbons (Fsp3) is 0.320. The molecule has 34 heavy (non-hydrogen) atoms. The summed E-state index contributed by atoms with van der Waals surface area (Å²) in [6.45, 7) is 9.44. The summed E-state index contributed by atoms with van der Waals surface area (Å²) in [6, 6.07) is 8.44. The van der Waals surface area contributed by atoms with Crippen LogP contribution in [0.5, 0.6) is 11.5 Å². The molecule has 1 aromatic carbocycles. The third-order valence-electron chi connectivity index (χ3n) is 4.22.